The lowest BCUT2D eigenvalue weighted by molar-refractivity contribution is -0.146. The number of carbonyl (C=O) groups is 2. The molecular weight excluding hydrogens is 556 g/mol. The Balaban J connectivity index is 1.67. The number of rotatable bonds is 6. The molecule has 1 saturated heterocycles. The van der Waals surface area contributed by atoms with E-state index in [1.807, 2.05) is 6.92 Å². The maximum absolute atomic E-state index is 13.3. The summed E-state index contributed by atoms with van der Waals surface area (Å²) in [6.07, 6.45) is 7.66. The summed E-state index contributed by atoms with van der Waals surface area (Å²) in [6.45, 7) is 12.8. The first-order valence-electron chi connectivity index (χ1n) is 15.8. The van der Waals surface area contributed by atoms with Gasteiger partial charge in [0.15, 0.2) is 0 Å². The average Bonchev–Trinajstić information content (AvgIpc) is 3.72. The Morgan fingerprint density at radius 2 is 1.75 bits per heavy atom. The Morgan fingerprint density at radius 3 is 2.41 bits per heavy atom. The molecule has 6 N–H and O–H groups in total. The van der Waals surface area contributed by atoms with Crippen LogP contribution in [0.5, 0.6) is 0 Å². The van der Waals surface area contributed by atoms with Crippen molar-refractivity contribution in [1.29, 1.82) is 0 Å². The summed E-state index contributed by atoms with van der Waals surface area (Å²) in [5.74, 6) is -2.16. The van der Waals surface area contributed by atoms with E-state index in [2.05, 4.69) is 73.4 Å². The maximum atomic E-state index is 13.3. The first-order chi connectivity index (χ1) is 21.0. The zero-order chi connectivity index (χ0) is 31.6. The van der Waals surface area contributed by atoms with E-state index in [0.29, 0.717) is 12.0 Å². The van der Waals surface area contributed by atoms with Gasteiger partial charge in [0.1, 0.15) is 5.92 Å². The average molecular weight is 601 g/mol. The summed E-state index contributed by atoms with van der Waals surface area (Å²) in [5, 5.41) is 30.4. The Bertz CT molecular complexity index is 1770. The van der Waals surface area contributed by atoms with Crippen LogP contribution >= 0.6 is 0 Å². The van der Waals surface area contributed by atoms with Crippen molar-refractivity contribution in [1.82, 2.24) is 20.6 Å². The number of fused-ring (bicyclic) bond motifs is 8. The first-order valence-corrected chi connectivity index (χ1v) is 15.8. The molecule has 44 heavy (non-hydrogen) atoms. The fraction of sp³-hybridized carbons (Fsp3) is 0.486. The van der Waals surface area contributed by atoms with E-state index in [0.717, 1.165) is 63.2 Å². The second kappa shape index (κ2) is 11.2. The number of esters is 1. The molecule has 0 aromatic carbocycles. The van der Waals surface area contributed by atoms with Gasteiger partial charge in [0.2, 0.25) is 0 Å². The molecule has 3 aliphatic heterocycles. The number of aliphatic hydroxyl groups excluding tert-OH is 1. The smallest absolute Gasteiger partial charge is 0.315 e. The molecule has 0 radical (unpaired) electrons. The van der Waals surface area contributed by atoms with Gasteiger partial charge in [0, 0.05) is 63.0 Å². The van der Waals surface area contributed by atoms with Crippen molar-refractivity contribution >= 4 is 29.7 Å². The van der Waals surface area contributed by atoms with Gasteiger partial charge in [-0.05, 0) is 92.0 Å². The number of H-pyrrole nitrogens is 2. The lowest BCUT2D eigenvalue weighted by atomic mass is 9.80. The van der Waals surface area contributed by atoms with Crippen LogP contribution in [0.3, 0.4) is 0 Å². The van der Waals surface area contributed by atoms with Gasteiger partial charge >= 0.3 is 11.9 Å². The highest BCUT2D eigenvalue weighted by Crippen LogP contribution is 2.45. The van der Waals surface area contributed by atoms with Crippen molar-refractivity contribution in [3.8, 4) is 0 Å². The summed E-state index contributed by atoms with van der Waals surface area (Å²) in [5.41, 5.74) is 11.3. The van der Waals surface area contributed by atoms with Crippen molar-refractivity contribution < 1.29 is 24.5 Å². The monoisotopic (exact) mass is 600 g/mol. The molecule has 234 valence electrons. The van der Waals surface area contributed by atoms with Crippen LogP contribution in [0, 0.1) is 37.5 Å². The van der Waals surface area contributed by atoms with Crippen molar-refractivity contribution in [2.75, 3.05) is 7.11 Å². The normalized spacial score (nSPS) is 30.2. The van der Waals surface area contributed by atoms with Crippen LogP contribution in [0.1, 0.15) is 86.7 Å². The van der Waals surface area contributed by atoms with Crippen molar-refractivity contribution in [2.45, 2.75) is 79.4 Å². The minimum atomic E-state index is -1.08. The van der Waals surface area contributed by atoms with Gasteiger partial charge in [0.25, 0.3) is 0 Å². The molecule has 8 bridgehead atoms. The number of hydrogen-bond acceptors (Lipinski definition) is 6. The Hall–Kier alpha value is -3.98. The fourth-order valence-electron chi connectivity index (χ4n) is 8.15. The number of aliphatic hydroxyl groups is 1. The standard InChI is InChI=1S/C35H44N4O5/c1-8-19-15(3)22-12-24-17(5)21(10-11-28(40)41)32(38-24)30-31(35(43)44-7)34(42)29-18(6)25(39-33(29)30)14-27-20(9-2)16(4)23(37-27)13-26(19)36-22/h12-14,17,19,21,31-32,34,36-39,42H,8-11H2,1-7H3,(H,40,41)/b24-12-,25-14-,26-13-/t17-,19+,21-,31+,32?,34-/m0/s1. The molecule has 6 rings (SSSR count). The third kappa shape index (κ3) is 4.55. The molecule has 2 aromatic rings. The third-order valence-electron chi connectivity index (χ3n) is 10.6. The lowest BCUT2D eigenvalue weighted by Gasteiger charge is -2.27. The van der Waals surface area contributed by atoms with E-state index in [9.17, 15) is 19.8 Å². The largest absolute Gasteiger partial charge is 0.481 e. The van der Waals surface area contributed by atoms with Crippen molar-refractivity contribution in [2.24, 2.45) is 23.7 Å². The molecule has 4 aliphatic rings. The number of aromatic nitrogens is 2. The van der Waals surface area contributed by atoms with E-state index in [1.54, 1.807) is 0 Å². The lowest BCUT2D eigenvalue weighted by Crippen LogP contribution is -2.37. The molecule has 6 atom stereocenters. The number of aromatic amines is 2. The van der Waals surface area contributed by atoms with E-state index in [1.165, 1.54) is 23.8 Å². The highest BCUT2D eigenvalue weighted by molar-refractivity contribution is 5.88. The molecule has 0 amide bonds. The number of carboxylic acid groups (broad SMARTS) is 1. The van der Waals surface area contributed by atoms with Crippen LogP contribution in [0.15, 0.2) is 28.7 Å². The van der Waals surface area contributed by atoms with Gasteiger partial charge in [-0.3, -0.25) is 9.59 Å². The van der Waals surface area contributed by atoms with Crippen molar-refractivity contribution in [3.63, 3.8) is 0 Å². The molecular formula is C35H44N4O5. The number of hydrogen-bond donors (Lipinski definition) is 6. The summed E-state index contributed by atoms with van der Waals surface area (Å²) >= 11 is 0. The Labute approximate surface area is 257 Å². The number of nitrogens with one attached hydrogen (secondary N) is 4. The van der Waals surface area contributed by atoms with E-state index in [-0.39, 0.29) is 30.2 Å². The second-order valence-corrected chi connectivity index (χ2v) is 12.8. The number of aliphatic carboxylic acids is 1. The molecule has 1 unspecified atom stereocenters. The predicted octanol–water partition coefficient (Wildman–Crippen LogP) is 3.57. The SMILES string of the molecule is CCc1c2[nH]c(c1C)/C=C1\NC(=C(C)[C@H]1CC)/C=C1\NC(C3=c4[nH]/c(c(C)c4[C@H](O)[C@@H]3C(=O)OC)=C\2)[C@@H](CCC(=O)O)[C@@H]1C. The zero-order valence-electron chi connectivity index (χ0n) is 26.6. The quantitative estimate of drug-likeness (QED) is 0.279. The first kappa shape index (κ1) is 30.1. The van der Waals surface area contributed by atoms with E-state index >= 15 is 0 Å². The highest BCUT2D eigenvalue weighted by atomic mass is 16.5. The number of methoxy groups -OCH3 is 1. The van der Waals surface area contributed by atoms with Gasteiger partial charge < -0.3 is 35.6 Å². The Morgan fingerprint density at radius 1 is 1.00 bits per heavy atom. The van der Waals surface area contributed by atoms with E-state index < -0.39 is 24.0 Å². The molecule has 0 spiro atoms. The van der Waals surface area contributed by atoms with Crippen LogP contribution < -0.4 is 21.3 Å². The summed E-state index contributed by atoms with van der Waals surface area (Å²) < 4.78 is 5.24. The zero-order valence-corrected chi connectivity index (χ0v) is 26.6. The van der Waals surface area contributed by atoms with E-state index in [4.69, 9.17) is 4.74 Å². The minimum absolute atomic E-state index is 0.00762. The van der Waals surface area contributed by atoms with Gasteiger partial charge in [-0.1, -0.05) is 20.8 Å². The number of allylic oxidation sites excluding steroid dienone is 3. The second-order valence-electron chi connectivity index (χ2n) is 12.8. The van der Waals surface area contributed by atoms with Gasteiger partial charge in [0.05, 0.1) is 19.3 Å². The summed E-state index contributed by atoms with van der Waals surface area (Å²) in [7, 11) is 1.34. The van der Waals surface area contributed by atoms with Crippen LogP contribution in [0.25, 0.3) is 17.7 Å². The molecule has 9 heteroatoms. The maximum Gasteiger partial charge on any atom is 0.315 e. The minimum Gasteiger partial charge on any atom is -0.481 e. The molecule has 2 aromatic heterocycles. The molecule has 5 heterocycles. The number of ether oxygens (including phenoxy) is 1. The van der Waals surface area contributed by atoms with Crippen LogP contribution in [-0.2, 0) is 20.7 Å². The molecule has 0 saturated carbocycles. The Kier molecular flexibility index (Phi) is 7.64. The van der Waals surface area contributed by atoms with Crippen molar-refractivity contribution in [3.05, 3.63) is 73.1 Å². The third-order valence-corrected chi connectivity index (χ3v) is 10.6. The predicted molar refractivity (Wildman–Crippen MR) is 169 cm³/mol. The molecule has 1 aliphatic carbocycles. The molecule has 9 nitrogen and oxygen atoms in total. The highest BCUT2D eigenvalue weighted by Gasteiger charge is 2.49. The summed E-state index contributed by atoms with van der Waals surface area (Å²) in [6, 6.07) is -0.376. The van der Waals surface area contributed by atoms with Crippen LogP contribution in [-0.4, -0.2) is 45.3 Å². The van der Waals surface area contributed by atoms with Gasteiger partial charge in [-0.2, -0.15) is 0 Å². The van der Waals surface area contributed by atoms with Gasteiger partial charge in [-0.15, -0.1) is 0 Å². The topological polar surface area (TPSA) is 139 Å². The summed E-state index contributed by atoms with van der Waals surface area (Å²) in [4.78, 5) is 32.3. The van der Waals surface area contributed by atoms with Crippen LogP contribution in [0.2, 0.25) is 0 Å². The fourth-order valence-corrected chi connectivity index (χ4v) is 8.15. The van der Waals surface area contributed by atoms with Crippen LogP contribution in [0.4, 0.5) is 0 Å². The number of carboxylic acids is 1. The molecule has 1 fully saturated rings. The number of carbonyl (C=O) groups excluding carboxylic acids is 1. The van der Waals surface area contributed by atoms with Gasteiger partial charge in [-0.25, -0.2) is 0 Å².